The van der Waals surface area contributed by atoms with Crippen molar-refractivity contribution in [1.29, 1.82) is 0 Å². The predicted molar refractivity (Wildman–Crippen MR) is 128 cm³/mol. The van der Waals surface area contributed by atoms with E-state index in [4.69, 9.17) is 0 Å². The van der Waals surface area contributed by atoms with Gasteiger partial charge >= 0.3 is 0 Å². The number of rotatable bonds is 4. The molecular formula is C27H31N3O2. The third-order valence-electron chi connectivity index (χ3n) is 7.09. The molecule has 32 heavy (non-hydrogen) atoms. The van der Waals surface area contributed by atoms with Crippen molar-refractivity contribution < 1.29 is 9.59 Å². The number of anilines is 1. The van der Waals surface area contributed by atoms with Crippen LogP contribution < -0.4 is 5.32 Å². The van der Waals surface area contributed by atoms with Crippen molar-refractivity contribution in [2.24, 2.45) is 10.8 Å². The van der Waals surface area contributed by atoms with Crippen LogP contribution >= 0.6 is 0 Å². The molecule has 5 heteroatoms. The first-order valence-corrected chi connectivity index (χ1v) is 11.5. The number of para-hydroxylation sites is 1. The monoisotopic (exact) mass is 429 g/mol. The van der Waals surface area contributed by atoms with E-state index in [1.54, 1.807) is 0 Å². The van der Waals surface area contributed by atoms with E-state index < -0.39 is 0 Å². The molecule has 1 aliphatic carbocycles. The first-order chi connectivity index (χ1) is 15.2. The minimum absolute atomic E-state index is 0.0890. The van der Waals surface area contributed by atoms with Gasteiger partial charge in [0, 0.05) is 35.6 Å². The molecule has 166 valence electrons. The van der Waals surface area contributed by atoms with Gasteiger partial charge in [-0.15, -0.1) is 0 Å². The Hall–Kier alpha value is -3.08. The SMILES string of the molecule is CC1(C)CC2CC(C)(CN2C(=O)c2ccc(NC(=O)Cn3ccc4ccccc43)cc2)C1. The molecule has 2 aliphatic rings. The summed E-state index contributed by atoms with van der Waals surface area (Å²) in [4.78, 5) is 27.9. The van der Waals surface area contributed by atoms with Gasteiger partial charge in [-0.1, -0.05) is 39.0 Å². The van der Waals surface area contributed by atoms with E-state index in [1.807, 2.05) is 65.4 Å². The number of carbonyl (C=O) groups excluding carboxylic acids is 2. The fraction of sp³-hybridized carbons (Fsp3) is 0.407. The Morgan fingerprint density at radius 3 is 2.53 bits per heavy atom. The summed E-state index contributed by atoms with van der Waals surface area (Å²) in [7, 11) is 0. The van der Waals surface area contributed by atoms with Gasteiger partial charge in [-0.25, -0.2) is 0 Å². The quantitative estimate of drug-likeness (QED) is 0.610. The third kappa shape index (κ3) is 3.92. The maximum absolute atomic E-state index is 13.2. The molecule has 2 amide bonds. The third-order valence-corrected chi connectivity index (χ3v) is 7.09. The number of nitrogens with one attached hydrogen (secondary N) is 1. The van der Waals surface area contributed by atoms with E-state index in [9.17, 15) is 9.59 Å². The highest BCUT2D eigenvalue weighted by Crippen LogP contribution is 2.52. The highest BCUT2D eigenvalue weighted by molar-refractivity contribution is 5.96. The molecule has 0 spiro atoms. The number of amides is 2. The fourth-order valence-corrected chi connectivity index (χ4v) is 6.19. The predicted octanol–water partition coefficient (Wildman–Crippen LogP) is 5.32. The van der Waals surface area contributed by atoms with E-state index >= 15 is 0 Å². The number of nitrogens with zero attached hydrogens (tertiary/aromatic N) is 2. The molecule has 2 atom stereocenters. The second kappa shape index (κ2) is 7.51. The van der Waals surface area contributed by atoms with Gasteiger partial charge in [0.05, 0.1) is 0 Å². The summed E-state index contributed by atoms with van der Waals surface area (Å²) < 4.78 is 1.94. The normalized spacial score (nSPS) is 24.0. The highest BCUT2D eigenvalue weighted by atomic mass is 16.2. The van der Waals surface area contributed by atoms with Gasteiger partial charge in [-0.2, -0.15) is 0 Å². The Balaban J connectivity index is 1.24. The highest BCUT2D eigenvalue weighted by Gasteiger charge is 2.50. The van der Waals surface area contributed by atoms with Crippen LogP contribution in [0.25, 0.3) is 10.9 Å². The number of carbonyl (C=O) groups is 2. The second-order valence-corrected chi connectivity index (χ2v) is 10.8. The van der Waals surface area contributed by atoms with Crippen molar-refractivity contribution in [3.8, 4) is 0 Å². The van der Waals surface area contributed by atoms with Crippen LogP contribution in [0, 0.1) is 10.8 Å². The van der Waals surface area contributed by atoms with Gasteiger partial charge in [0.2, 0.25) is 5.91 Å². The molecule has 2 unspecified atom stereocenters. The van der Waals surface area contributed by atoms with Crippen LogP contribution in [0.5, 0.6) is 0 Å². The average Bonchev–Trinajstić information content (AvgIpc) is 3.25. The molecule has 1 N–H and O–H groups in total. The molecule has 2 aromatic carbocycles. The van der Waals surface area contributed by atoms with Crippen LogP contribution in [0.4, 0.5) is 5.69 Å². The lowest BCUT2D eigenvalue weighted by molar-refractivity contribution is -0.116. The lowest BCUT2D eigenvalue weighted by Gasteiger charge is -2.39. The Labute approximate surface area is 189 Å². The number of benzene rings is 2. The molecule has 2 bridgehead atoms. The summed E-state index contributed by atoms with van der Waals surface area (Å²) in [5, 5.41) is 4.07. The number of hydrogen-bond acceptors (Lipinski definition) is 2. The van der Waals surface area contributed by atoms with E-state index in [0.717, 1.165) is 30.3 Å². The minimum Gasteiger partial charge on any atom is -0.338 e. The van der Waals surface area contributed by atoms with Gasteiger partial charge in [-0.3, -0.25) is 9.59 Å². The van der Waals surface area contributed by atoms with Crippen molar-refractivity contribution >= 4 is 28.4 Å². The zero-order chi connectivity index (χ0) is 22.5. The number of likely N-dealkylation sites (tertiary alicyclic amines) is 1. The zero-order valence-electron chi connectivity index (χ0n) is 19.1. The van der Waals surface area contributed by atoms with Gasteiger partial charge in [0.25, 0.3) is 5.91 Å². The van der Waals surface area contributed by atoms with E-state index in [1.165, 1.54) is 6.42 Å². The van der Waals surface area contributed by atoms with Crippen molar-refractivity contribution in [2.75, 3.05) is 11.9 Å². The summed E-state index contributed by atoms with van der Waals surface area (Å²) in [6.45, 7) is 8.04. The van der Waals surface area contributed by atoms with E-state index in [2.05, 4.69) is 31.0 Å². The first kappa shape index (κ1) is 20.8. The molecule has 5 nitrogen and oxygen atoms in total. The lowest BCUT2D eigenvalue weighted by atomic mass is 9.65. The standard InChI is InChI=1S/C27H31N3O2/c1-26(2)14-22-15-27(3,17-26)18-30(22)25(32)20-8-10-21(11-9-20)28-24(31)16-29-13-12-19-6-4-5-7-23(19)29/h4-13,22H,14-18H2,1-3H3,(H,28,31). The molecule has 5 rings (SSSR count). The molecule has 0 radical (unpaired) electrons. The van der Waals surface area contributed by atoms with Crippen LogP contribution in [-0.4, -0.2) is 33.9 Å². The van der Waals surface area contributed by atoms with Crippen LogP contribution in [-0.2, 0) is 11.3 Å². The fourth-order valence-electron chi connectivity index (χ4n) is 6.19. The first-order valence-electron chi connectivity index (χ1n) is 11.5. The Kier molecular flexibility index (Phi) is 4.88. The van der Waals surface area contributed by atoms with Crippen molar-refractivity contribution in [2.45, 2.75) is 52.6 Å². The molecule has 1 saturated heterocycles. The summed E-state index contributed by atoms with van der Waals surface area (Å²) in [6.07, 6.45) is 5.27. The van der Waals surface area contributed by atoms with E-state index in [-0.39, 0.29) is 29.2 Å². The van der Waals surface area contributed by atoms with Crippen molar-refractivity contribution in [1.82, 2.24) is 9.47 Å². The van der Waals surface area contributed by atoms with E-state index in [0.29, 0.717) is 17.3 Å². The van der Waals surface area contributed by atoms with Crippen molar-refractivity contribution in [3.05, 3.63) is 66.4 Å². The summed E-state index contributed by atoms with van der Waals surface area (Å²) in [5.74, 6) is 0.0158. The zero-order valence-corrected chi connectivity index (χ0v) is 19.1. The smallest absolute Gasteiger partial charge is 0.254 e. The topological polar surface area (TPSA) is 54.3 Å². The molecule has 1 aliphatic heterocycles. The molecular weight excluding hydrogens is 398 g/mol. The minimum atomic E-state index is -0.0890. The van der Waals surface area contributed by atoms with Gasteiger partial charge in [0.15, 0.2) is 0 Å². The molecule has 2 fully saturated rings. The maximum Gasteiger partial charge on any atom is 0.254 e. The summed E-state index contributed by atoms with van der Waals surface area (Å²) >= 11 is 0. The van der Waals surface area contributed by atoms with Crippen LogP contribution in [0.1, 0.15) is 50.4 Å². The Bertz CT molecular complexity index is 1180. The van der Waals surface area contributed by atoms with Gasteiger partial charge in [-0.05, 0) is 71.9 Å². The van der Waals surface area contributed by atoms with Gasteiger partial charge in [0.1, 0.15) is 6.54 Å². The largest absolute Gasteiger partial charge is 0.338 e. The Morgan fingerprint density at radius 1 is 1.00 bits per heavy atom. The molecule has 1 saturated carbocycles. The number of hydrogen-bond donors (Lipinski definition) is 1. The molecule has 1 aromatic heterocycles. The summed E-state index contributed by atoms with van der Waals surface area (Å²) in [6, 6.07) is 17.7. The average molecular weight is 430 g/mol. The van der Waals surface area contributed by atoms with Crippen LogP contribution in [0.15, 0.2) is 60.8 Å². The Morgan fingerprint density at radius 2 is 1.75 bits per heavy atom. The molecule has 3 aromatic rings. The van der Waals surface area contributed by atoms with Crippen molar-refractivity contribution in [3.63, 3.8) is 0 Å². The van der Waals surface area contributed by atoms with Crippen LogP contribution in [0.3, 0.4) is 0 Å². The lowest BCUT2D eigenvalue weighted by Crippen LogP contribution is -2.37. The van der Waals surface area contributed by atoms with Gasteiger partial charge < -0.3 is 14.8 Å². The van der Waals surface area contributed by atoms with Crippen LogP contribution in [0.2, 0.25) is 0 Å². The second-order valence-electron chi connectivity index (χ2n) is 10.8. The number of aromatic nitrogens is 1. The summed E-state index contributed by atoms with van der Waals surface area (Å²) in [5.41, 5.74) is 2.94. The maximum atomic E-state index is 13.2. The molecule has 2 heterocycles. The number of fused-ring (bicyclic) bond motifs is 3.